The van der Waals surface area contributed by atoms with Crippen molar-refractivity contribution in [3.05, 3.63) is 17.7 Å². The average Bonchev–Trinajstić information content (AvgIpc) is 2.78. The number of carbonyl (C=O) groups excluding carboxylic acids is 1. The molecule has 30 heavy (non-hydrogen) atoms. The highest BCUT2D eigenvalue weighted by Gasteiger charge is 2.23. The number of nitrogens with zero attached hydrogens (tertiary/aromatic N) is 2. The summed E-state index contributed by atoms with van der Waals surface area (Å²) in [5.41, 5.74) is 3.60. The molecule has 1 aliphatic rings. The van der Waals surface area contributed by atoms with E-state index in [2.05, 4.69) is 17.3 Å². The van der Waals surface area contributed by atoms with E-state index in [1.165, 1.54) is 19.3 Å². The van der Waals surface area contributed by atoms with Crippen molar-refractivity contribution >= 4 is 6.03 Å². The topological polar surface area (TPSA) is 72.5 Å². The lowest BCUT2D eigenvalue weighted by molar-refractivity contribution is 0.0377. The number of amides is 2. The number of unbranched alkanes of at least 4 members (excludes halogenated alkanes) is 4. The fourth-order valence-electron chi connectivity index (χ4n) is 3.59. The third-order valence-electron chi connectivity index (χ3n) is 5.35. The van der Waals surface area contributed by atoms with E-state index in [1.54, 1.807) is 26.2 Å². The summed E-state index contributed by atoms with van der Waals surface area (Å²) in [5, 5.41) is 0. The predicted octanol–water partition coefficient (Wildman–Crippen LogP) is 3.44. The fraction of sp³-hybridized carbons (Fsp3) is 0.682. The van der Waals surface area contributed by atoms with Gasteiger partial charge in [0, 0.05) is 38.3 Å². The third kappa shape index (κ3) is 6.95. The number of rotatable bonds is 12. The van der Waals surface area contributed by atoms with Gasteiger partial charge in [0.05, 0.1) is 27.9 Å². The van der Waals surface area contributed by atoms with Crippen LogP contribution in [0.5, 0.6) is 17.2 Å². The SMILES string of the molecule is CCCCCCCONC(=O)N1CCN(Cc2ccc(OC)c(OC)c2OC)CC1. The van der Waals surface area contributed by atoms with Crippen LogP contribution >= 0.6 is 0 Å². The molecular weight excluding hydrogens is 386 g/mol. The fourth-order valence-corrected chi connectivity index (χ4v) is 3.59. The highest BCUT2D eigenvalue weighted by atomic mass is 16.7. The van der Waals surface area contributed by atoms with Gasteiger partial charge in [0.25, 0.3) is 0 Å². The molecule has 2 amide bonds. The first kappa shape index (κ1) is 24.1. The van der Waals surface area contributed by atoms with E-state index in [9.17, 15) is 4.79 Å². The number of piperazine rings is 1. The van der Waals surface area contributed by atoms with Gasteiger partial charge < -0.3 is 19.1 Å². The van der Waals surface area contributed by atoms with Gasteiger partial charge in [0.2, 0.25) is 5.75 Å². The summed E-state index contributed by atoms with van der Waals surface area (Å²) in [7, 11) is 4.85. The van der Waals surface area contributed by atoms with Crippen molar-refractivity contribution in [2.45, 2.75) is 45.6 Å². The number of nitrogens with one attached hydrogen (secondary N) is 1. The van der Waals surface area contributed by atoms with E-state index < -0.39 is 0 Å². The molecule has 0 saturated carbocycles. The highest BCUT2D eigenvalue weighted by molar-refractivity contribution is 5.73. The average molecular weight is 424 g/mol. The Hall–Kier alpha value is -2.19. The Morgan fingerprint density at radius 3 is 2.27 bits per heavy atom. The molecule has 0 atom stereocenters. The number of carbonyl (C=O) groups is 1. The van der Waals surface area contributed by atoms with E-state index in [1.807, 2.05) is 12.1 Å². The molecule has 1 aromatic rings. The van der Waals surface area contributed by atoms with Gasteiger partial charge in [-0.2, -0.15) is 0 Å². The number of benzene rings is 1. The van der Waals surface area contributed by atoms with Gasteiger partial charge in [-0.3, -0.25) is 9.74 Å². The van der Waals surface area contributed by atoms with Crippen molar-refractivity contribution in [1.82, 2.24) is 15.3 Å². The summed E-state index contributed by atoms with van der Waals surface area (Å²) < 4.78 is 16.4. The lowest BCUT2D eigenvalue weighted by Gasteiger charge is -2.34. The van der Waals surface area contributed by atoms with Gasteiger partial charge >= 0.3 is 6.03 Å². The van der Waals surface area contributed by atoms with E-state index in [0.717, 1.165) is 31.5 Å². The molecule has 170 valence electrons. The van der Waals surface area contributed by atoms with Crippen molar-refractivity contribution in [3.63, 3.8) is 0 Å². The van der Waals surface area contributed by atoms with Crippen LogP contribution in [0.1, 0.15) is 44.6 Å². The minimum Gasteiger partial charge on any atom is -0.493 e. The Labute approximate surface area is 180 Å². The number of methoxy groups -OCH3 is 3. The minimum absolute atomic E-state index is 0.160. The Bertz CT molecular complexity index is 648. The Morgan fingerprint density at radius 1 is 0.933 bits per heavy atom. The quantitative estimate of drug-likeness (QED) is 0.410. The Kier molecular flexibility index (Phi) is 10.6. The molecule has 0 aliphatic carbocycles. The molecule has 0 bridgehead atoms. The van der Waals surface area contributed by atoms with Gasteiger partial charge in [-0.05, 0) is 12.5 Å². The first-order valence-electron chi connectivity index (χ1n) is 10.8. The van der Waals surface area contributed by atoms with Crippen molar-refractivity contribution in [2.75, 3.05) is 54.1 Å². The lowest BCUT2D eigenvalue weighted by atomic mass is 10.1. The summed E-state index contributed by atoms with van der Waals surface area (Å²) in [6.45, 7) is 6.34. The van der Waals surface area contributed by atoms with Gasteiger partial charge in [0.1, 0.15) is 0 Å². The van der Waals surface area contributed by atoms with E-state index in [-0.39, 0.29) is 6.03 Å². The minimum atomic E-state index is -0.160. The monoisotopic (exact) mass is 423 g/mol. The maximum Gasteiger partial charge on any atom is 0.341 e. The van der Waals surface area contributed by atoms with E-state index in [4.69, 9.17) is 19.0 Å². The molecule has 8 nitrogen and oxygen atoms in total. The largest absolute Gasteiger partial charge is 0.493 e. The van der Waals surface area contributed by atoms with Crippen molar-refractivity contribution in [1.29, 1.82) is 0 Å². The van der Waals surface area contributed by atoms with Crippen molar-refractivity contribution in [3.8, 4) is 17.2 Å². The third-order valence-corrected chi connectivity index (χ3v) is 5.35. The second-order valence-corrected chi connectivity index (χ2v) is 7.43. The van der Waals surface area contributed by atoms with Gasteiger partial charge in [-0.1, -0.05) is 38.7 Å². The van der Waals surface area contributed by atoms with Gasteiger partial charge in [0.15, 0.2) is 11.5 Å². The summed E-state index contributed by atoms with van der Waals surface area (Å²) in [4.78, 5) is 21.7. The molecule has 0 aromatic heterocycles. The van der Waals surface area contributed by atoms with Crippen LogP contribution in [-0.2, 0) is 11.4 Å². The molecule has 0 spiro atoms. The summed E-state index contributed by atoms with van der Waals surface area (Å²) in [6.07, 6.45) is 5.82. The van der Waals surface area contributed by atoms with Crippen LogP contribution in [0.25, 0.3) is 0 Å². The van der Waals surface area contributed by atoms with E-state index >= 15 is 0 Å². The zero-order valence-corrected chi connectivity index (χ0v) is 18.9. The van der Waals surface area contributed by atoms with Crippen LogP contribution in [0.4, 0.5) is 4.79 Å². The Balaban J connectivity index is 1.76. The molecule has 1 fully saturated rings. The molecule has 1 aromatic carbocycles. The van der Waals surface area contributed by atoms with Crippen LogP contribution in [0.3, 0.4) is 0 Å². The van der Waals surface area contributed by atoms with Crippen LogP contribution in [-0.4, -0.2) is 69.9 Å². The second-order valence-electron chi connectivity index (χ2n) is 7.43. The molecule has 1 heterocycles. The molecule has 1 N–H and O–H groups in total. The number of hydroxylamine groups is 1. The van der Waals surface area contributed by atoms with Crippen LogP contribution < -0.4 is 19.7 Å². The second kappa shape index (κ2) is 13.2. The molecular formula is C22H37N3O5. The standard InChI is InChI=1S/C22H37N3O5/c1-5-6-7-8-9-16-30-23-22(26)25-14-12-24(13-15-25)17-18-10-11-19(27-2)21(29-4)20(18)28-3/h10-11H,5-9,12-17H2,1-4H3,(H,23,26). The summed E-state index contributed by atoms with van der Waals surface area (Å²) >= 11 is 0. The number of hydrogen-bond acceptors (Lipinski definition) is 6. The molecule has 2 rings (SSSR count). The zero-order chi connectivity index (χ0) is 21.8. The number of urea groups is 1. The van der Waals surface area contributed by atoms with Crippen molar-refractivity contribution < 1.29 is 23.8 Å². The zero-order valence-electron chi connectivity index (χ0n) is 18.9. The van der Waals surface area contributed by atoms with E-state index in [0.29, 0.717) is 43.5 Å². The van der Waals surface area contributed by atoms with Crippen LogP contribution in [0.15, 0.2) is 12.1 Å². The van der Waals surface area contributed by atoms with Gasteiger partial charge in [-0.25, -0.2) is 10.3 Å². The first-order chi connectivity index (χ1) is 14.6. The lowest BCUT2D eigenvalue weighted by Crippen LogP contribution is -2.51. The molecule has 1 saturated heterocycles. The normalized spacial score (nSPS) is 14.5. The molecule has 0 radical (unpaired) electrons. The summed E-state index contributed by atoms with van der Waals surface area (Å²) in [5.74, 6) is 1.93. The smallest absolute Gasteiger partial charge is 0.341 e. The van der Waals surface area contributed by atoms with Gasteiger partial charge in [-0.15, -0.1) is 0 Å². The van der Waals surface area contributed by atoms with Crippen molar-refractivity contribution in [2.24, 2.45) is 0 Å². The number of hydrogen-bond donors (Lipinski definition) is 1. The molecule has 1 aliphatic heterocycles. The Morgan fingerprint density at radius 2 is 1.63 bits per heavy atom. The first-order valence-corrected chi connectivity index (χ1v) is 10.8. The maximum absolute atomic E-state index is 12.3. The number of ether oxygens (including phenoxy) is 3. The molecule has 0 unspecified atom stereocenters. The highest BCUT2D eigenvalue weighted by Crippen LogP contribution is 2.40. The van der Waals surface area contributed by atoms with Crippen LogP contribution in [0, 0.1) is 0 Å². The predicted molar refractivity (Wildman–Crippen MR) is 116 cm³/mol. The maximum atomic E-state index is 12.3. The summed E-state index contributed by atoms with van der Waals surface area (Å²) in [6, 6.07) is 3.72. The molecule has 8 heteroatoms. The van der Waals surface area contributed by atoms with Crippen LogP contribution in [0.2, 0.25) is 0 Å².